The Morgan fingerprint density at radius 3 is 2.87 bits per heavy atom. The zero-order valence-electron chi connectivity index (χ0n) is 16.9. The van der Waals surface area contributed by atoms with E-state index in [4.69, 9.17) is 14.6 Å². The molecule has 3 heterocycles. The summed E-state index contributed by atoms with van der Waals surface area (Å²) >= 11 is 0. The molecule has 0 unspecified atom stereocenters. The van der Waals surface area contributed by atoms with Crippen molar-refractivity contribution in [2.75, 3.05) is 49.2 Å². The number of ether oxygens (including phenoxy) is 2. The second kappa shape index (κ2) is 9.65. The Morgan fingerprint density at radius 2 is 2.16 bits per heavy atom. The lowest BCUT2D eigenvalue weighted by Crippen LogP contribution is -2.35. The van der Waals surface area contributed by atoms with Crippen LogP contribution in [0.1, 0.15) is 12.8 Å². The molecule has 1 amide bonds. The van der Waals surface area contributed by atoms with E-state index < -0.39 is 18.0 Å². The molecule has 2 saturated heterocycles. The standard InChI is InChI=1S/C20H24FN5O5/c21-17-11-15(26-12-16(31-20(26)28)13-29-19-5-10-30-24-19)1-2-18(17)25-7-3-14(4-8-25)23-22-6-9-27/h1-2,5,10-11,16,22,27H,3-4,6-9,12-13H2/t16-/m1/s1. The quantitative estimate of drug-likeness (QED) is 0.478. The lowest BCUT2D eigenvalue weighted by molar-refractivity contribution is 0.102. The van der Waals surface area contributed by atoms with E-state index in [2.05, 4.69) is 20.2 Å². The van der Waals surface area contributed by atoms with E-state index in [9.17, 15) is 9.18 Å². The molecule has 2 fully saturated rings. The number of carbonyl (C=O) groups excluding carboxylic acids is 1. The van der Waals surface area contributed by atoms with Gasteiger partial charge in [0.25, 0.3) is 5.88 Å². The van der Waals surface area contributed by atoms with Crippen LogP contribution in [0.5, 0.6) is 5.88 Å². The van der Waals surface area contributed by atoms with Crippen molar-refractivity contribution in [2.24, 2.45) is 5.10 Å². The van der Waals surface area contributed by atoms with Crippen molar-refractivity contribution in [1.82, 2.24) is 10.6 Å². The summed E-state index contributed by atoms with van der Waals surface area (Å²) in [6.45, 7) is 2.10. The number of nitrogens with one attached hydrogen (secondary N) is 1. The average molecular weight is 433 g/mol. The van der Waals surface area contributed by atoms with Gasteiger partial charge in [0.15, 0.2) is 6.10 Å². The molecule has 2 N–H and O–H groups in total. The van der Waals surface area contributed by atoms with E-state index in [1.807, 2.05) is 4.90 Å². The molecular weight excluding hydrogens is 409 g/mol. The molecule has 0 bridgehead atoms. The maximum absolute atomic E-state index is 14.9. The molecule has 1 aromatic heterocycles. The minimum atomic E-state index is -0.546. The van der Waals surface area contributed by atoms with E-state index in [1.165, 1.54) is 17.2 Å². The Kier molecular flexibility index (Phi) is 6.51. The molecule has 10 nitrogen and oxygen atoms in total. The first kappa shape index (κ1) is 20.9. The number of carbonyl (C=O) groups is 1. The van der Waals surface area contributed by atoms with Crippen molar-refractivity contribution in [3.8, 4) is 5.88 Å². The number of aliphatic hydroxyl groups is 1. The van der Waals surface area contributed by atoms with Gasteiger partial charge in [0.05, 0.1) is 31.1 Å². The van der Waals surface area contributed by atoms with Crippen LogP contribution < -0.4 is 20.0 Å². The number of hydrogen-bond acceptors (Lipinski definition) is 9. The number of rotatable bonds is 8. The van der Waals surface area contributed by atoms with Gasteiger partial charge in [-0.3, -0.25) is 4.90 Å². The third kappa shape index (κ3) is 5.05. The van der Waals surface area contributed by atoms with Gasteiger partial charge in [-0.05, 0) is 23.4 Å². The van der Waals surface area contributed by atoms with Gasteiger partial charge in [0.2, 0.25) is 0 Å². The van der Waals surface area contributed by atoms with Crippen molar-refractivity contribution in [3.63, 3.8) is 0 Å². The average Bonchev–Trinajstić information content (AvgIpc) is 3.42. The Morgan fingerprint density at radius 1 is 1.32 bits per heavy atom. The van der Waals surface area contributed by atoms with Gasteiger partial charge in [-0.1, -0.05) is 0 Å². The van der Waals surface area contributed by atoms with Gasteiger partial charge in [0.1, 0.15) is 18.7 Å². The van der Waals surface area contributed by atoms with Crippen LogP contribution in [0.15, 0.2) is 40.2 Å². The van der Waals surface area contributed by atoms with Gasteiger partial charge in [0, 0.05) is 37.7 Å². The lowest BCUT2D eigenvalue weighted by Gasteiger charge is -2.30. The van der Waals surface area contributed by atoms with Crippen LogP contribution in [0.25, 0.3) is 0 Å². The molecule has 0 saturated carbocycles. The summed E-state index contributed by atoms with van der Waals surface area (Å²) in [7, 11) is 0. The predicted molar refractivity (Wildman–Crippen MR) is 110 cm³/mol. The maximum Gasteiger partial charge on any atom is 0.414 e. The van der Waals surface area contributed by atoms with Gasteiger partial charge in [-0.2, -0.15) is 5.10 Å². The molecule has 1 atom stereocenters. The van der Waals surface area contributed by atoms with Gasteiger partial charge < -0.3 is 29.4 Å². The topological polar surface area (TPSA) is 113 Å². The highest BCUT2D eigenvalue weighted by Gasteiger charge is 2.33. The van der Waals surface area contributed by atoms with Crippen LogP contribution in [-0.4, -0.2) is 67.6 Å². The highest BCUT2D eigenvalue weighted by Crippen LogP contribution is 2.29. The van der Waals surface area contributed by atoms with Crippen LogP contribution in [-0.2, 0) is 4.74 Å². The minimum Gasteiger partial charge on any atom is -0.471 e. The first-order chi connectivity index (χ1) is 15.1. The summed E-state index contributed by atoms with van der Waals surface area (Å²) in [5.74, 6) is -0.0878. The Labute approximate surface area is 178 Å². The van der Waals surface area contributed by atoms with Crippen molar-refractivity contribution >= 4 is 23.2 Å². The highest BCUT2D eigenvalue weighted by molar-refractivity contribution is 5.90. The fourth-order valence-electron chi connectivity index (χ4n) is 3.53. The first-order valence-electron chi connectivity index (χ1n) is 10.1. The number of aromatic nitrogens is 1. The van der Waals surface area contributed by atoms with E-state index in [1.54, 1.807) is 18.2 Å². The maximum atomic E-state index is 14.9. The number of hydrazone groups is 1. The van der Waals surface area contributed by atoms with Gasteiger partial charge >= 0.3 is 6.09 Å². The molecule has 0 spiro atoms. The zero-order chi connectivity index (χ0) is 21.6. The van der Waals surface area contributed by atoms with Crippen molar-refractivity contribution < 1.29 is 28.3 Å². The normalized spacial score (nSPS) is 18.8. The molecule has 4 rings (SSSR count). The second-order valence-electron chi connectivity index (χ2n) is 7.20. The number of anilines is 2. The van der Waals surface area contributed by atoms with Gasteiger partial charge in [-0.25, -0.2) is 9.18 Å². The number of benzene rings is 1. The van der Waals surface area contributed by atoms with E-state index in [-0.39, 0.29) is 19.8 Å². The summed E-state index contributed by atoms with van der Waals surface area (Å²) in [5.41, 5.74) is 4.74. The van der Waals surface area contributed by atoms with Crippen LogP contribution in [0.3, 0.4) is 0 Å². The van der Waals surface area contributed by atoms with Crippen molar-refractivity contribution in [3.05, 3.63) is 36.3 Å². The summed E-state index contributed by atoms with van der Waals surface area (Å²) in [6.07, 6.45) is 1.77. The minimum absolute atomic E-state index is 0.0282. The summed E-state index contributed by atoms with van der Waals surface area (Å²) in [4.78, 5) is 15.6. The number of aliphatic hydroxyl groups excluding tert-OH is 1. The number of hydrogen-bond donors (Lipinski definition) is 2. The molecule has 2 aliphatic rings. The van der Waals surface area contributed by atoms with Crippen LogP contribution in [0, 0.1) is 5.82 Å². The molecule has 166 valence electrons. The second-order valence-corrected chi connectivity index (χ2v) is 7.20. The Hall–Kier alpha value is -3.34. The number of amides is 1. The molecule has 1 aromatic carbocycles. The van der Waals surface area contributed by atoms with Gasteiger partial charge in [-0.15, -0.1) is 0 Å². The lowest BCUT2D eigenvalue weighted by atomic mass is 10.1. The Balaban J connectivity index is 1.34. The molecule has 0 aliphatic carbocycles. The molecule has 31 heavy (non-hydrogen) atoms. The summed E-state index contributed by atoms with van der Waals surface area (Å²) in [6, 6.07) is 6.31. The predicted octanol–water partition coefficient (Wildman–Crippen LogP) is 1.76. The molecule has 2 aliphatic heterocycles. The Bertz CT molecular complexity index is 913. The number of cyclic esters (lactones) is 1. The largest absolute Gasteiger partial charge is 0.471 e. The zero-order valence-corrected chi connectivity index (χ0v) is 16.9. The highest BCUT2D eigenvalue weighted by atomic mass is 19.1. The summed E-state index contributed by atoms with van der Waals surface area (Å²) < 4.78 is 30.3. The number of halogens is 1. The smallest absolute Gasteiger partial charge is 0.414 e. The monoisotopic (exact) mass is 433 g/mol. The van der Waals surface area contributed by atoms with E-state index in [0.717, 1.165) is 5.71 Å². The van der Waals surface area contributed by atoms with Crippen LogP contribution in [0.4, 0.5) is 20.6 Å². The number of piperidine rings is 1. The SMILES string of the molecule is O=C1O[C@@H](COc2ccon2)CN1c1ccc(N2CCC(=NNCCO)CC2)c(F)c1. The molecule has 0 radical (unpaired) electrons. The fourth-order valence-corrected chi connectivity index (χ4v) is 3.53. The fraction of sp³-hybridized carbons (Fsp3) is 0.450. The number of nitrogens with zero attached hydrogens (tertiary/aromatic N) is 4. The van der Waals surface area contributed by atoms with Crippen molar-refractivity contribution in [2.45, 2.75) is 18.9 Å². The van der Waals surface area contributed by atoms with E-state index in [0.29, 0.717) is 49.7 Å². The molecule has 11 heteroatoms. The first-order valence-corrected chi connectivity index (χ1v) is 10.1. The van der Waals surface area contributed by atoms with Crippen molar-refractivity contribution in [1.29, 1.82) is 0 Å². The van der Waals surface area contributed by atoms with E-state index >= 15 is 0 Å². The molecule has 2 aromatic rings. The third-order valence-electron chi connectivity index (χ3n) is 5.09. The molecular formula is C20H24FN5O5. The summed E-state index contributed by atoms with van der Waals surface area (Å²) in [5, 5.41) is 16.7. The van der Waals surface area contributed by atoms with Crippen LogP contribution in [0.2, 0.25) is 0 Å². The van der Waals surface area contributed by atoms with Crippen LogP contribution >= 0.6 is 0 Å². The third-order valence-corrected chi connectivity index (χ3v) is 5.09.